The van der Waals surface area contributed by atoms with Crippen molar-refractivity contribution in [3.8, 4) is 0 Å². The Labute approximate surface area is 124 Å². The summed E-state index contributed by atoms with van der Waals surface area (Å²) in [6, 6.07) is 0. The molecule has 7 N–H and O–H groups in total. The van der Waals surface area contributed by atoms with Crippen LogP contribution in [0.15, 0.2) is 0 Å². The zero-order chi connectivity index (χ0) is 18.1. The van der Waals surface area contributed by atoms with Crippen LogP contribution in [0.5, 0.6) is 0 Å². The molecule has 1 aliphatic rings. The molecule has 0 aromatic heterocycles. The molecule has 0 bridgehead atoms. The van der Waals surface area contributed by atoms with Crippen molar-refractivity contribution in [3.63, 3.8) is 0 Å². The molecule has 0 amide bonds. The molecule has 1 fully saturated rings. The molecule has 0 unspecified atom stereocenters. The van der Waals surface area contributed by atoms with Gasteiger partial charge in [-0.25, -0.2) is 0 Å². The summed E-state index contributed by atoms with van der Waals surface area (Å²) >= 11 is 0. The zero-order valence-corrected chi connectivity index (χ0v) is 11.0. The van der Waals surface area contributed by atoms with Gasteiger partial charge >= 0.3 is 29.6 Å². The Morgan fingerprint density at radius 2 is 1.00 bits per heavy atom. The van der Waals surface area contributed by atoms with Crippen LogP contribution < -0.4 is 0 Å². The highest BCUT2D eigenvalue weighted by molar-refractivity contribution is 6.33. The summed E-state index contributed by atoms with van der Waals surface area (Å²) in [5.74, 6) is 0. The van der Waals surface area contributed by atoms with Crippen molar-refractivity contribution in [1.82, 2.24) is 5.06 Å². The first-order valence-electron chi connectivity index (χ1n) is 5.31. The van der Waals surface area contributed by atoms with Crippen molar-refractivity contribution in [2.45, 2.75) is 0 Å². The fraction of sp³-hybridized carbons (Fsp3) is 1.00. The molecule has 1 heterocycles. The standard InChI is InChI=1S/C4H9BFNO3.3BFH2O2/c6-5(8)10-7-1-3-9-4-2-7;3*2-1(3)4/h8H,1-4H2;3*3-4H. The maximum absolute atomic E-state index is 11.7. The lowest BCUT2D eigenvalue weighted by molar-refractivity contribution is -0.137. The van der Waals surface area contributed by atoms with Crippen LogP contribution in [0, 0.1) is 0 Å². The molecule has 0 radical (unpaired) electrons. The van der Waals surface area contributed by atoms with Crippen LogP contribution >= 0.6 is 0 Å². The molecule has 18 heteroatoms. The molecule has 0 saturated carbocycles. The van der Waals surface area contributed by atoms with Crippen molar-refractivity contribution in [2.75, 3.05) is 26.3 Å². The highest BCUT2D eigenvalue weighted by Crippen LogP contribution is 1.98. The molecule has 0 spiro atoms. The zero-order valence-electron chi connectivity index (χ0n) is 11.0. The minimum atomic E-state index is -2.67. The third kappa shape index (κ3) is 50.4. The molecular weight excluding hydrogens is 325 g/mol. The minimum Gasteiger partial charge on any atom is -0.398 e. The first-order valence-corrected chi connectivity index (χ1v) is 5.31. The number of hydrogen-bond donors (Lipinski definition) is 7. The predicted octanol–water partition coefficient (Wildman–Crippen LogP) is -4.03. The second-order valence-corrected chi connectivity index (χ2v) is 2.87. The fourth-order valence-corrected chi connectivity index (χ4v) is 0.775. The monoisotopic (exact) mass is 341 g/mol. The first kappa shape index (κ1) is 26.5. The smallest absolute Gasteiger partial charge is 0.398 e. The number of hydrogen-bond acceptors (Lipinski definition) is 10. The summed E-state index contributed by atoms with van der Waals surface area (Å²) in [4.78, 5) is 0. The van der Waals surface area contributed by atoms with Gasteiger partial charge in [0.05, 0.1) is 13.2 Å². The van der Waals surface area contributed by atoms with Crippen LogP contribution in [0.3, 0.4) is 0 Å². The number of rotatable bonds is 2. The van der Waals surface area contributed by atoms with Crippen LogP contribution in [0.1, 0.15) is 0 Å². The van der Waals surface area contributed by atoms with E-state index >= 15 is 0 Å². The van der Waals surface area contributed by atoms with Gasteiger partial charge in [-0.3, -0.25) is 22.0 Å². The molecular formula is C4H15B4F4NO9. The first-order chi connectivity index (χ1) is 9.98. The SMILES string of the molecule is OB(F)ON1CCOCC1.OB(O)F.OB(O)F.OB(O)F. The van der Waals surface area contributed by atoms with Crippen molar-refractivity contribution < 1.29 is 61.9 Å². The molecule has 1 aliphatic heterocycles. The van der Waals surface area contributed by atoms with Crippen LogP contribution in [0.2, 0.25) is 0 Å². The fourth-order valence-electron chi connectivity index (χ4n) is 0.775. The summed E-state index contributed by atoms with van der Waals surface area (Å²) in [5, 5.41) is 51.1. The van der Waals surface area contributed by atoms with Gasteiger partial charge in [0, 0.05) is 13.1 Å². The summed E-state index contributed by atoms with van der Waals surface area (Å²) in [7, 11) is -10.2. The van der Waals surface area contributed by atoms with Gasteiger partial charge in [-0.2, -0.15) is 5.06 Å². The third-order valence-corrected chi connectivity index (χ3v) is 1.21. The van der Waals surface area contributed by atoms with Crippen molar-refractivity contribution in [3.05, 3.63) is 0 Å². The number of nitrogens with zero attached hydrogens (tertiary/aromatic N) is 1. The lowest BCUT2D eigenvalue weighted by atomic mass is 10.3. The topological polar surface area (TPSA) is 163 Å². The van der Waals surface area contributed by atoms with Crippen LogP contribution in [0.25, 0.3) is 0 Å². The normalized spacial score (nSPS) is 13.2. The van der Waals surface area contributed by atoms with Gasteiger partial charge in [-0.05, 0) is 0 Å². The molecule has 0 aromatic carbocycles. The second kappa shape index (κ2) is 18.6. The van der Waals surface area contributed by atoms with E-state index in [4.69, 9.17) is 39.9 Å². The maximum atomic E-state index is 11.7. The Hall–Kier alpha value is -0.420. The van der Waals surface area contributed by atoms with Gasteiger partial charge in [-0.15, -0.1) is 0 Å². The summed E-state index contributed by atoms with van der Waals surface area (Å²) in [6.07, 6.45) is 0. The summed E-state index contributed by atoms with van der Waals surface area (Å²) < 4.78 is 51.4. The highest BCUT2D eigenvalue weighted by Gasteiger charge is 2.19. The number of ether oxygens (including phenoxy) is 1. The number of halogens is 4. The summed E-state index contributed by atoms with van der Waals surface area (Å²) in [5.41, 5.74) is 0. The average molecular weight is 340 g/mol. The lowest BCUT2D eigenvalue weighted by Crippen LogP contribution is -2.39. The largest absolute Gasteiger partial charge is 0.695 e. The molecule has 22 heavy (non-hydrogen) atoms. The third-order valence-electron chi connectivity index (χ3n) is 1.21. The molecule has 0 aromatic rings. The second-order valence-electron chi connectivity index (χ2n) is 2.87. The molecule has 10 nitrogen and oxygen atoms in total. The van der Waals surface area contributed by atoms with E-state index in [2.05, 4.69) is 4.76 Å². The van der Waals surface area contributed by atoms with Gasteiger partial charge in [-0.1, -0.05) is 0 Å². The molecule has 1 rings (SSSR count). The van der Waals surface area contributed by atoms with E-state index in [0.29, 0.717) is 26.3 Å². The molecule has 0 atom stereocenters. The Morgan fingerprint density at radius 1 is 0.727 bits per heavy atom. The Bertz CT molecular complexity index is 194. The Morgan fingerprint density at radius 3 is 1.23 bits per heavy atom. The molecule has 0 aliphatic carbocycles. The van der Waals surface area contributed by atoms with Gasteiger partial charge in [0.1, 0.15) is 0 Å². The molecule has 1 saturated heterocycles. The number of hydroxylamine groups is 2. The highest BCUT2D eigenvalue weighted by atomic mass is 19.1. The van der Waals surface area contributed by atoms with Crippen molar-refractivity contribution >= 4 is 29.6 Å². The van der Waals surface area contributed by atoms with E-state index in [1.807, 2.05) is 0 Å². The average Bonchev–Trinajstić information content (AvgIpc) is 2.26. The minimum absolute atomic E-state index is 0.501. The van der Waals surface area contributed by atoms with E-state index < -0.39 is 29.6 Å². The van der Waals surface area contributed by atoms with Crippen LogP contribution in [-0.2, 0) is 9.49 Å². The Kier molecular flexibility index (Phi) is 22.4. The van der Waals surface area contributed by atoms with Gasteiger partial charge < -0.3 is 39.9 Å². The van der Waals surface area contributed by atoms with Gasteiger partial charge in [0.25, 0.3) is 0 Å². The van der Waals surface area contributed by atoms with Crippen molar-refractivity contribution in [2.24, 2.45) is 0 Å². The van der Waals surface area contributed by atoms with Crippen molar-refractivity contribution in [1.29, 1.82) is 0 Å². The van der Waals surface area contributed by atoms with Gasteiger partial charge in [0.15, 0.2) is 0 Å². The summed E-state index contributed by atoms with van der Waals surface area (Å²) in [6.45, 7) is 2.04. The molecule has 130 valence electrons. The van der Waals surface area contributed by atoms with E-state index in [1.165, 1.54) is 5.06 Å². The number of morpholine rings is 1. The van der Waals surface area contributed by atoms with E-state index in [0.717, 1.165) is 0 Å². The van der Waals surface area contributed by atoms with E-state index in [9.17, 15) is 17.3 Å². The quantitative estimate of drug-likeness (QED) is 0.194. The predicted molar refractivity (Wildman–Crippen MR) is 66.5 cm³/mol. The lowest BCUT2D eigenvalue weighted by Gasteiger charge is -2.24. The van der Waals surface area contributed by atoms with Crippen LogP contribution in [-0.4, -0.2) is 96.1 Å². The van der Waals surface area contributed by atoms with Crippen LogP contribution in [0.4, 0.5) is 17.3 Å². The Balaban J connectivity index is -0.000000253. The van der Waals surface area contributed by atoms with E-state index in [1.54, 1.807) is 0 Å². The van der Waals surface area contributed by atoms with E-state index in [-0.39, 0.29) is 0 Å². The van der Waals surface area contributed by atoms with Gasteiger partial charge in [0.2, 0.25) is 0 Å². The maximum Gasteiger partial charge on any atom is 0.695 e.